The minimum absolute atomic E-state index is 0.113. The first-order chi connectivity index (χ1) is 27.2. The van der Waals surface area contributed by atoms with Gasteiger partial charge in [-0.25, -0.2) is 0 Å². The van der Waals surface area contributed by atoms with Crippen molar-refractivity contribution in [1.82, 2.24) is 9.13 Å². The standard InChI is InChI=1S/C50H33N3.C2H6/c1-32-27-28-36(31-41(33-15-5-2-6-16-33)50(51-32)34-17-7-3-8-18-34)53-43-26-14-24-40-38-22-12-11-21-37(38)39-23-13-25-42-46(39)48-44(29-30-45(53)49(48)47(40)43)52(42)35-19-9-4-10-20-35;1-2/h2-31,41H,1H2;1-2H3/b28-27-,36-31+,39-37?,40-38?,51-50?;. The van der Waals surface area contributed by atoms with Crippen LogP contribution in [0.5, 0.6) is 0 Å². The Morgan fingerprint density at radius 2 is 0.945 bits per heavy atom. The first kappa shape index (κ1) is 32.7. The van der Waals surface area contributed by atoms with Crippen molar-refractivity contribution in [3.8, 4) is 5.69 Å². The number of aliphatic imine (C=N–C) groups is 1. The van der Waals surface area contributed by atoms with Crippen LogP contribution in [0.25, 0.3) is 76.5 Å². The number of aromatic nitrogens is 2. The number of hydrogen-bond acceptors (Lipinski definition) is 1. The average molecular weight is 706 g/mol. The maximum absolute atomic E-state index is 5.15. The Balaban J connectivity index is 0.00000183. The summed E-state index contributed by atoms with van der Waals surface area (Å²) >= 11 is 0. The van der Waals surface area contributed by atoms with Crippen LogP contribution in [-0.4, -0.2) is 14.8 Å². The van der Waals surface area contributed by atoms with Gasteiger partial charge in [0.05, 0.1) is 33.5 Å². The van der Waals surface area contributed by atoms with E-state index in [9.17, 15) is 0 Å². The molecule has 1 unspecified atom stereocenters. The average Bonchev–Trinajstić information content (AvgIpc) is 3.77. The summed E-state index contributed by atoms with van der Waals surface area (Å²) in [7, 11) is 0. The van der Waals surface area contributed by atoms with Gasteiger partial charge in [0.25, 0.3) is 0 Å². The van der Waals surface area contributed by atoms with E-state index < -0.39 is 0 Å². The molecule has 8 aromatic carbocycles. The van der Waals surface area contributed by atoms with Gasteiger partial charge in [0, 0.05) is 38.8 Å². The SMILES string of the molecule is C=C1/C=C\C(n2c3cccc4c5ccccc5c5cccc6c5c5c(c43)c2ccc5n6-c2ccccc2)=C/C(c2ccccc2)C(c2ccccc2)=N1.CC. The summed E-state index contributed by atoms with van der Waals surface area (Å²) in [5, 5.41) is 10.1. The first-order valence-corrected chi connectivity index (χ1v) is 19.2. The molecular weight excluding hydrogens is 667 g/mol. The van der Waals surface area contributed by atoms with E-state index in [1.807, 2.05) is 13.8 Å². The smallest absolute Gasteiger partial charge is 0.0596 e. The van der Waals surface area contributed by atoms with Gasteiger partial charge in [0.1, 0.15) is 0 Å². The summed E-state index contributed by atoms with van der Waals surface area (Å²) in [6.45, 7) is 8.41. The second-order valence-corrected chi connectivity index (χ2v) is 14.0. The minimum Gasteiger partial charge on any atom is -0.309 e. The van der Waals surface area contributed by atoms with Crippen LogP contribution in [0.15, 0.2) is 199 Å². The molecule has 0 bridgehead atoms. The molecule has 0 spiro atoms. The fourth-order valence-corrected chi connectivity index (χ4v) is 8.90. The zero-order valence-corrected chi connectivity index (χ0v) is 30.9. The van der Waals surface area contributed by atoms with E-state index in [-0.39, 0.29) is 5.92 Å². The summed E-state index contributed by atoms with van der Waals surface area (Å²) in [6.07, 6.45) is 6.65. The van der Waals surface area contributed by atoms with E-state index in [2.05, 4.69) is 198 Å². The van der Waals surface area contributed by atoms with Gasteiger partial charge in [-0.2, -0.15) is 0 Å². The Morgan fingerprint density at radius 1 is 0.455 bits per heavy atom. The van der Waals surface area contributed by atoms with Crippen LogP contribution in [0, 0.1) is 0 Å². The quantitative estimate of drug-likeness (QED) is 0.174. The number of fused-ring (bicyclic) bond motifs is 3. The largest absolute Gasteiger partial charge is 0.309 e. The van der Waals surface area contributed by atoms with Crippen molar-refractivity contribution in [3.05, 3.63) is 205 Å². The second-order valence-electron chi connectivity index (χ2n) is 14.0. The molecule has 55 heavy (non-hydrogen) atoms. The van der Waals surface area contributed by atoms with Crippen molar-refractivity contribution >= 4 is 76.6 Å². The molecule has 1 aliphatic rings. The highest BCUT2D eigenvalue weighted by Crippen LogP contribution is 2.48. The van der Waals surface area contributed by atoms with Crippen molar-refractivity contribution in [1.29, 1.82) is 0 Å². The molecule has 11 rings (SSSR count). The second kappa shape index (κ2) is 13.2. The minimum atomic E-state index is -0.113. The first-order valence-electron chi connectivity index (χ1n) is 19.2. The van der Waals surface area contributed by atoms with Gasteiger partial charge in [-0.3, -0.25) is 4.99 Å². The van der Waals surface area contributed by atoms with Gasteiger partial charge >= 0.3 is 0 Å². The Hall–Kier alpha value is -6.97. The van der Waals surface area contributed by atoms with E-state index in [0.717, 1.165) is 28.4 Å². The molecule has 262 valence electrons. The molecule has 0 radical (unpaired) electrons. The maximum atomic E-state index is 5.15. The highest BCUT2D eigenvalue weighted by Gasteiger charge is 2.26. The van der Waals surface area contributed by atoms with Crippen LogP contribution in [0.1, 0.15) is 30.9 Å². The summed E-state index contributed by atoms with van der Waals surface area (Å²) in [5.41, 5.74) is 11.0. The monoisotopic (exact) mass is 705 g/mol. The Morgan fingerprint density at radius 3 is 1.56 bits per heavy atom. The van der Waals surface area contributed by atoms with Crippen molar-refractivity contribution in [2.45, 2.75) is 19.8 Å². The van der Waals surface area contributed by atoms with Gasteiger partial charge in [-0.1, -0.05) is 148 Å². The van der Waals surface area contributed by atoms with Crippen LogP contribution in [-0.2, 0) is 0 Å². The number of rotatable bonds is 4. The van der Waals surface area contributed by atoms with Crippen LogP contribution in [0.4, 0.5) is 0 Å². The molecule has 3 nitrogen and oxygen atoms in total. The van der Waals surface area contributed by atoms with E-state index in [0.29, 0.717) is 0 Å². The van der Waals surface area contributed by atoms with Crippen LogP contribution >= 0.6 is 0 Å². The summed E-state index contributed by atoms with van der Waals surface area (Å²) in [5.74, 6) is -0.113. The normalized spacial score (nSPS) is 16.3. The molecule has 0 saturated carbocycles. The number of nitrogens with zero attached hydrogens (tertiary/aromatic N) is 3. The lowest BCUT2D eigenvalue weighted by molar-refractivity contribution is 1.10. The number of hydrogen-bond donors (Lipinski definition) is 0. The van der Waals surface area contributed by atoms with Crippen LogP contribution in [0.2, 0.25) is 0 Å². The number of benzene rings is 7. The van der Waals surface area contributed by atoms with Crippen molar-refractivity contribution < 1.29 is 0 Å². The Kier molecular flexibility index (Phi) is 7.81. The molecule has 0 aliphatic carbocycles. The fourth-order valence-electron chi connectivity index (χ4n) is 8.90. The third-order valence-electron chi connectivity index (χ3n) is 11.1. The van der Waals surface area contributed by atoms with Gasteiger partial charge in [0.15, 0.2) is 0 Å². The topological polar surface area (TPSA) is 22.2 Å². The fraction of sp³-hybridized carbons (Fsp3) is 0.0577. The van der Waals surface area contributed by atoms with E-state index in [1.54, 1.807) is 0 Å². The molecule has 1 aliphatic heterocycles. The zero-order chi connectivity index (χ0) is 37.0. The van der Waals surface area contributed by atoms with E-state index in [4.69, 9.17) is 4.99 Å². The highest BCUT2D eigenvalue weighted by atomic mass is 15.0. The summed E-state index contributed by atoms with van der Waals surface area (Å²) in [4.78, 5) is 5.15. The molecular formula is C52H39N3. The molecule has 0 fully saturated rings. The number of allylic oxidation sites excluding steroid dienone is 4. The summed E-state index contributed by atoms with van der Waals surface area (Å²) < 4.78 is 4.92. The van der Waals surface area contributed by atoms with Gasteiger partial charge in [-0.15, -0.1) is 0 Å². The predicted octanol–water partition coefficient (Wildman–Crippen LogP) is 13.9. The van der Waals surface area contributed by atoms with E-state index >= 15 is 0 Å². The molecule has 0 saturated heterocycles. The zero-order valence-electron chi connectivity index (χ0n) is 30.9. The predicted molar refractivity (Wildman–Crippen MR) is 236 cm³/mol. The van der Waals surface area contributed by atoms with Crippen LogP contribution < -0.4 is 0 Å². The number of para-hydroxylation sites is 1. The lowest BCUT2D eigenvalue weighted by atomic mass is 9.88. The molecule has 3 heteroatoms. The van der Waals surface area contributed by atoms with Crippen LogP contribution in [0.3, 0.4) is 0 Å². The van der Waals surface area contributed by atoms with E-state index in [1.165, 1.54) is 70.7 Å². The molecule has 0 amide bonds. The molecule has 2 aromatic heterocycles. The third kappa shape index (κ3) is 5.01. The van der Waals surface area contributed by atoms with Gasteiger partial charge < -0.3 is 9.13 Å². The van der Waals surface area contributed by atoms with Crippen molar-refractivity contribution in [3.63, 3.8) is 0 Å². The Bertz CT molecular complexity index is 3160. The van der Waals surface area contributed by atoms with Crippen molar-refractivity contribution in [2.24, 2.45) is 4.99 Å². The lowest BCUT2D eigenvalue weighted by Crippen LogP contribution is -2.15. The maximum Gasteiger partial charge on any atom is 0.0596 e. The molecule has 10 aromatic rings. The highest BCUT2D eigenvalue weighted by molar-refractivity contribution is 6.39. The van der Waals surface area contributed by atoms with Gasteiger partial charge in [0.2, 0.25) is 0 Å². The van der Waals surface area contributed by atoms with Crippen molar-refractivity contribution in [2.75, 3.05) is 0 Å². The third-order valence-corrected chi connectivity index (χ3v) is 11.1. The molecule has 1 atom stereocenters. The van der Waals surface area contributed by atoms with Gasteiger partial charge in [-0.05, 0) is 87.3 Å². The summed E-state index contributed by atoms with van der Waals surface area (Å²) in [6, 6.07) is 59.2. The lowest BCUT2D eigenvalue weighted by Gasteiger charge is -2.21. The Labute approximate surface area is 320 Å². The molecule has 0 N–H and O–H groups in total. The molecule has 3 heterocycles.